The zero-order valence-corrected chi connectivity index (χ0v) is 21.9. The molecule has 0 aromatic heterocycles. The van der Waals surface area contributed by atoms with Crippen LogP contribution in [0.25, 0.3) is 0 Å². The third-order valence-corrected chi connectivity index (χ3v) is 6.68. The number of rotatable bonds is 8. The van der Waals surface area contributed by atoms with Crippen molar-refractivity contribution in [1.82, 2.24) is 10.2 Å². The van der Waals surface area contributed by atoms with Gasteiger partial charge in [-0.15, -0.1) is 0 Å². The summed E-state index contributed by atoms with van der Waals surface area (Å²) in [7, 11) is -3.96. The number of halogens is 3. The molecule has 1 atom stereocenters. The number of sulfonamides is 1. The number of anilines is 1. The first-order valence-corrected chi connectivity index (χ1v) is 13.0. The number of amides is 2. The molecule has 0 fully saturated rings. The fourth-order valence-electron chi connectivity index (χ4n) is 3.16. The second-order valence-corrected chi connectivity index (χ2v) is 11.6. The van der Waals surface area contributed by atoms with Gasteiger partial charge in [0.15, 0.2) is 0 Å². The Kier molecular flexibility index (Phi) is 8.96. The van der Waals surface area contributed by atoms with Crippen LogP contribution in [0.2, 0.25) is 10.0 Å². The number of carbonyl (C=O) groups excluding carboxylic acids is 2. The minimum absolute atomic E-state index is 0.0154. The first-order chi connectivity index (χ1) is 15.6. The summed E-state index contributed by atoms with van der Waals surface area (Å²) in [6.45, 7) is 6.11. The number of hydrogen-bond acceptors (Lipinski definition) is 4. The SMILES string of the molecule is CC(C(=O)NC(C)(C)C)N(Cc1c(Cl)cccc1Cl)C(=O)CN(c1cccc(F)c1)S(C)(=O)=O. The summed E-state index contributed by atoms with van der Waals surface area (Å²) in [5.74, 6) is -1.79. The fraction of sp³-hybridized carbons (Fsp3) is 0.391. The van der Waals surface area contributed by atoms with E-state index in [0.29, 0.717) is 15.6 Å². The van der Waals surface area contributed by atoms with Crippen LogP contribution in [0.3, 0.4) is 0 Å². The second-order valence-electron chi connectivity index (χ2n) is 8.89. The van der Waals surface area contributed by atoms with Crippen LogP contribution in [-0.4, -0.2) is 49.5 Å². The number of carbonyl (C=O) groups is 2. The summed E-state index contributed by atoms with van der Waals surface area (Å²) in [5.41, 5.74) is -0.174. The Morgan fingerprint density at radius 1 is 1.09 bits per heavy atom. The van der Waals surface area contributed by atoms with E-state index in [4.69, 9.17) is 23.2 Å². The summed E-state index contributed by atoms with van der Waals surface area (Å²) >= 11 is 12.6. The molecule has 34 heavy (non-hydrogen) atoms. The minimum Gasteiger partial charge on any atom is -0.350 e. The third-order valence-electron chi connectivity index (χ3n) is 4.83. The Morgan fingerprint density at radius 3 is 2.15 bits per heavy atom. The summed E-state index contributed by atoms with van der Waals surface area (Å²) in [5, 5.41) is 3.39. The second kappa shape index (κ2) is 10.9. The van der Waals surface area contributed by atoms with Crippen molar-refractivity contribution in [2.45, 2.75) is 45.8 Å². The third kappa shape index (κ3) is 7.58. The number of nitrogens with one attached hydrogen (secondary N) is 1. The molecule has 2 aromatic carbocycles. The maximum atomic E-state index is 13.8. The zero-order valence-electron chi connectivity index (χ0n) is 19.6. The van der Waals surface area contributed by atoms with Crippen molar-refractivity contribution in [3.8, 4) is 0 Å². The molecular formula is C23H28Cl2FN3O4S. The van der Waals surface area contributed by atoms with Crippen LogP contribution >= 0.6 is 23.2 Å². The van der Waals surface area contributed by atoms with Crippen molar-refractivity contribution < 1.29 is 22.4 Å². The number of nitrogens with zero attached hydrogens (tertiary/aromatic N) is 2. The Labute approximate surface area is 209 Å². The molecule has 0 saturated carbocycles. The van der Waals surface area contributed by atoms with Gasteiger partial charge in [-0.05, 0) is 58.0 Å². The molecule has 0 bridgehead atoms. The van der Waals surface area contributed by atoms with E-state index in [9.17, 15) is 22.4 Å². The molecule has 2 aromatic rings. The predicted octanol–water partition coefficient (Wildman–Crippen LogP) is 4.23. The van der Waals surface area contributed by atoms with Gasteiger partial charge in [0.25, 0.3) is 0 Å². The van der Waals surface area contributed by atoms with Crippen molar-refractivity contribution in [2.24, 2.45) is 0 Å². The van der Waals surface area contributed by atoms with E-state index in [1.807, 2.05) is 0 Å². The van der Waals surface area contributed by atoms with Gasteiger partial charge in [0.1, 0.15) is 18.4 Å². The lowest BCUT2D eigenvalue weighted by Gasteiger charge is -2.33. The van der Waals surface area contributed by atoms with E-state index in [0.717, 1.165) is 22.7 Å². The van der Waals surface area contributed by atoms with Gasteiger partial charge in [0, 0.05) is 27.7 Å². The van der Waals surface area contributed by atoms with E-state index >= 15 is 0 Å². The van der Waals surface area contributed by atoms with E-state index in [1.54, 1.807) is 39.0 Å². The van der Waals surface area contributed by atoms with Crippen LogP contribution < -0.4 is 9.62 Å². The molecule has 1 N–H and O–H groups in total. The lowest BCUT2D eigenvalue weighted by Crippen LogP contribution is -2.54. The average molecular weight is 532 g/mol. The van der Waals surface area contributed by atoms with Gasteiger partial charge in [-0.3, -0.25) is 13.9 Å². The Morgan fingerprint density at radius 2 is 1.65 bits per heavy atom. The molecular weight excluding hydrogens is 504 g/mol. The normalized spacial score (nSPS) is 12.7. The van der Waals surface area contributed by atoms with Crippen LogP contribution in [0, 0.1) is 5.82 Å². The topological polar surface area (TPSA) is 86.8 Å². The van der Waals surface area contributed by atoms with Gasteiger partial charge in [-0.2, -0.15) is 0 Å². The highest BCUT2D eigenvalue weighted by atomic mass is 35.5. The maximum Gasteiger partial charge on any atom is 0.244 e. The first-order valence-electron chi connectivity index (χ1n) is 10.4. The monoisotopic (exact) mass is 531 g/mol. The quantitative estimate of drug-likeness (QED) is 0.552. The lowest BCUT2D eigenvalue weighted by atomic mass is 10.1. The van der Waals surface area contributed by atoms with E-state index < -0.39 is 45.8 Å². The molecule has 0 aliphatic rings. The molecule has 0 saturated heterocycles. The molecule has 0 aliphatic heterocycles. The van der Waals surface area contributed by atoms with Crippen molar-refractivity contribution in [3.05, 3.63) is 63.9 Å². The van der Waals surface area contributed by atoms with E-state index in [2.05, 4.69) is 5.32 Å². The van der Waals surface area contributed by atoms with Gasteiger partial charge < -0.3 is 10.2 Å². The molecule has 186 valence electrons. The zero-order chi connectivity index (χ0) is 25.8. The molecule has 0 radical (unpaired) electrons. The molecule has 7 nitrogen and oxygen atoms in total. The van der Waals surface area contributed by atoms with Gasteiger partial charge >= 0.3 is 0 Å². The molecule has 2 rings (SSSR count). The highest BCUT2D eigenvalue weighted by Gasteiger charge is 2.32. The summed E-state index contributed by atoms with van der Waals surface area (Å²) in [6.07, 6.45) is 0.913. The first kappa shape index (κ1) is 27.9. The Balaban J connectivity index is 2.47. The smallest absolute Gasteiger partial charge is 0.244 e. The molecule has 0 spiro atoms. The summed E-state index contributed by atoms with van der Waals surface area (Å²) in [6, 6.07) is 8.74. The van der Waals surface area contributed by atoms with Crippen LogP contribution in [0.15, 0.2) is 42.5 Å². The lowest BCUT2D eigenvalue weighted by molar-refractivity contribution is -0.140. The van der Waals surface area contributed by atoms with E-state index in [-0.39, 0.29) is 12.2 Å². The van der Waals surface area contributed by atoms with E-state index in [1.165, 1.54) is 24.0 Å². The molecule has 2 amide bonds. The van der Waals surface area contributed by atoms with Crippen LogP contribution in [0.1, 0.15) is 33.3 Å². The summed E-state index contributed by atoms with van der Waals surface area (Å²) in [4.78, 5) is 27.6. The summed E-state index contributed by atoms with van der Waals surface area (Å²) < 4.78 is 39.5. The minimum atomic E-state index is -3.96. The van der Waals surface area contributed by atoms with Gasteiger partial charge in [0.05, 0.1) is 11.9 Å². The van der Waals surface area contributed by atoms with Gasteiger partial charge in [0.2, 0.25) is 21.8 Å². The van der Waals surface area contributed by atoms with Crippen LogP contribution in [-0.2, 0) is 26.2 Å². The maximum absolute atomic E-state index is 13.8. The van der Waals surface area contributed by atoms with Crippen LogP contribution in [0.4, 0.5) is 10.1 Å². The standard InChI is InChI=1S/C23H28Cl2FN3O4S/c1-15(22(31)27-23(2,3)4)28(13-18-19(24)10-7-11-20(18)25)21(30)14-29(34(5,32)33)17-9-6-8-16(26)12-17/h6-12,15H,13-14H2,1-5H3,(H,27,31). The number of hydrogen-bond donors (Lipinski definition) is 1. The van der Waals surface area contributed by atoms with Crippen molar-refractivity contribution in [1.29, 1.82) is 0 Å². The fourth-order valence-corrected chi connectivity index (χ4v) is 4.51. The van der Waals surface area contributed by atoms with Crippen molar-refractivity contribution in [2.75, 3.05) is 17.1 Å². The molecule has 11 heteroatoms. The molecule has 0 aliphatic carbocycles. The molecule has 0 heterocycles. The van der Waals surface area contributed by atoms with Crippen molar-refractivity contribution >= 4 is 50.7 Å². The largest absolute Gasteiger partial charge is 0.350 e. The predicted molar refractivity (Wildman–Crippen MR) is 133 cm³/mol. The van der Waals surface area contributed by atoms with Gasteiger partial charge in [-0.1, -0.05) is 35.3 Å². The highest BCUT2D eigenvalue weighted by molar-refractivity contribution is 7.92. The molecule has 1 unspecified atom stereocenters. The van der Waals surface area contributed by atoms with Gasteiger partial charge in [-0.25, -0.2) is 12.8 Å². The Bertz CT molecular complexity index is 1150. The van der Waals surface area contributed by atoms with Crippen LogP contribution in [0.5, 0.6) is 0 Å². The highest BCUT2D eigenvalue weighted by Crippen LogP contribution is 2.27. The average Bonchev–Trinajstić information content (AvgIpc) is 2.69. The Hall–Kier alpha value is -2.36. The number of benzene rings is 2. The van der Waals surface area contributed by atoms with Crippen molar-refractivity contribution in [3.63, 3.8) is 0 Å².